The summed E-state index contributed by atoms with van der Waals surface area (Å²) >= 11 is 0. The summed E-state index contributed by atoms with van der Waals surface area (Å²) < 4.78 is 11.5. The van der Waals surface area contributed by atoms with E-state index in [1.807, 2.05) is 18.5 Å². The van der Waals surface area contributed by atoms with Crippen molar-refractivity contribution in [1.29, 1.82) is 0 Å². The van der Waals surface area contributed by atoms with E-state index in [2.05, 4.69) is 11.1 Å². The van der Waals surface area contributed by atoms with Crippen molar-refractivity contribution in [2.75, 3.05) is 19.8 Å². The molecule has 3 heterocycles. The van der Waals surface area contributed by atoms with Crippen LogP contribution in [-0.4, -0.2) is 36.4 Å². The van der Waals surface area contributed by atoms with E-state index in [0.29, 0.717) is 5.92 Å². The second-order valence-electron chi connectivity index (χ2n) is 6.15. The molecule has 0 radical (unpaired) electrons. The van der Waals surface area contributed by atoms with Crippen molar-refractivity contribution < 1.29 is 9.47 Å². The lowest BCUT2D eigenvalue weighted by atomic mass is 9.80. The van der Waals surface area contributed by atoms with E-state index in [9.17, 15) is 0 Å². The van der Waals surface area contributed by atoms with Gasteiger partial charge in [-0.15, -0.1) is 0 Å². The van der Waals surface area contributed by atoms with Gasteiger partial charge in [-0.3, -0.25) is 4.98 Å². The molecule has 0 saturated carbocycles. The molecule has 3 rings (SSSR count). The molecule has 3 atom stereocenters. The van der Waals surface area contributed by atoms with Crippen LogP contribution >= 0.6 is 0 Å². The van der Waals surface area contributed by atoms with Gasteiger partial charge in [-0.25, -0.2) is 0 Å². The Bertz CT molecular complexity index is 418. The predicted octanol–water partition coefficient (Wildman–Crippen LogP) is 1.93. The van der Waals surface area contributed by atoms with E-state index in [0.717, 1.165) is 51.9 Å². The second kappa shape index (κ2) is 6.20. The fraction of sp³-hybridized carbons (Fsp3) is 0.688. The monoisotopic (exact) mass is 276 g/mol. The fourth-order valence-corrected chi connectivity index (χ4v) is 3.41. The molecule has 4 heteroatoms. The number of rotatable bonds is 4. The molecular formula is C16H24N2O2. The first kappa shape index (κ1) is 14.0. The van der Waals surface area contributed by atoms with Gasteiger partial charge < -0.3 is 15.2 Å². The van der Waals surface area contributed by atoms with E-state index in [1.54, 1.807) is 0 Å². The summed E-state index contributed by atoms with van der Waals surface area (Å²) in [5.74, 6) is 0.558. The molecular weight excluding hydrogens is 252 g/mol. The number of nitrogens with zero attached hydrogens (tertiary/aromatic N) is 1. The van der Waals surface area contributed by atoms with Crippen molar-refractivity contribution in [3.8, 4) is 0 Å². The van der Waals surface area contributed by atoms with Crippen LogP contribution in [0.3, 0.4) is 0 Å². The van der Waals surface area contributed by atoms with Gasteiger partial charge >= 0.3 is 0 Å². The van der Waals surface area contributed by atoms with Gasteiger partial charge in [0.1, 0.15) is 0 Å². The minimum atomic E-state index is -0.0329. The molecule has 2 aliphatic rings. The average Bonchev–Trinajstić information content (AvgIpc) is 2.93. The van der Waals surface area contributed by atoms with Crippen LogP contribution in [0, 0.1) is 5.92 Å². The molecule has 3 unspecified atom stereocenters. The van der Waals surface area contributed by atoms with Gasteiger partial charge in [0.05, 0.1) is 12.2 Å². The van der Waals surface area contributed by atoms with Crippen LogP contribution in [-0.2, 0) is 15.9 Å². The molecule has 1 aromatic rings. The van der Waals surface area contributed by atoms with Crippen LogP contribution in [0.25, 0.3) is 0 Å². The van der Waals surface area contributed by atoms with Crippen molar-refractivity contribution in [2.24, 2.45) is 11.7 Å². The molecule has 20 heavy (non-hydrogen) atoms. The Morgan fingerprint density at radius 1 is 1.45 bits per heavy atom. The van der Waals surface area contributed by atoms with Gasteiger partial charge in [0, 0.05) is 38.1 Å². The van der Waals surface area contributed by atoms with E-state index in [1.165, 1.54) is 5.56 Å². The molecule has 0 aliphatic carbocycles. The Kier molecular flexibility index (Phi) is 4.34. The van der Waals surface area contributed by atoms with Crippen molar-refractivity contribution in [1.82, 2.24) is 4.98 Å². The minimum Gasteiger partial charge on any atom is -0.378 e. The highest BCUT2D eigenvalue weighted by atomic mass is 16.6. The summed E-state index contributed by atoms with van der Waals surface area (Å²) in [5.41, 5.74) is 7.67. The zero-order chi connectivity index (χ0) is 13.8. The fourth-order valence-electron chi connectivity index (χ4n) is 3.41. The molecule has 2 saturated heterocycles. The van der Waals surface area contributed by atoms with Crippen molar-refractivity contribution >= 4 is 0 Å². The van der Waals surface area contributed by atoms with Crippen LogP contribution in [0.15, 0.2) is 24.5 Å². The molecule has 2 fully saturated rings. The maximum atomic E-state index is 6.43. The maximum Gasteiger partial charge on any atom is 0.0939 e. The van der Waals surface area contributed by atoms with E-state index in [-0.39, 0.29) is 11.6 Å². The number of pyridine rings is 1. The Labute approximate surface area is 120 Å². The largest absolute Gasteiger partial charge is 0.378 e. The first-order valence-electron chi connectivity index (χ1n) is 7.64. The Morgan fingerprint density at radius 3 is 3.15 bits per heavy atom. The number of aromatic nitrogens is 1. The molecule has 110 valence electrons. The number of ether oxygens (including phenoxy) is 2. The lowest BCUT2D eigenvalue weighted by Crippen LogP contribution is -2.45. The Hall–Kier alpha value is -0.970. The molecule has 4 nitrogen and oxygen atoms in total. The van der Waals surface area contributed by atoms with E-state index < -0.39 is 0 Å². The lowest BCUT2D eigenvalue weighted by molar-refractivity contribution is -0.101. The first-order chi connectivity index (χ1) is 9.77. The molecule has 0 aromatic carbocycles. The third kappa shape index (κ3) is 3.19. The third-order valence-corrected chi connectivity index (χ3v) is 4.69. The van der Waals surface area contributed by atoms with Gasteiger partial charge in [-0.1, -0.05) is 6.07 Å². The van der Waals surface area contributed by atoms with Crippen LogP contribution in [0.1, 0.15) is 31.2 Å². The number of aryl methyl sites for hydroxylation is 1. The second-order valence-corrected chi connectivity index (χ2v) is 6.15. The zero-order valence-electron chi connectivity index (χ0n) is 12.0. The van der Waals surface area contributed by atoms with Crippen LogP contribution in [0.5, 0.6) is 0 Å². The van der Waals surface area contributed by atoms with Gasteiger partial charge in [-0.05, 0) is 43.2 Å². The summed E-state index contributed by atoms with van der Waals surface area (Å²) in [6, 6.07) is 4.35. The predicted molar refractivity (Wildman–Crippen MR) is 77.4 cm³/mol. The molecule has 2 aliphatic heterocycles. The van der Waals surface area contributed by atoms with Crippen LogP contribution < -0.4 is 5.73 Å². The summed E-state index contributed by atoms with van der Waals surface area (Å²) in [7, 11) is 0. The summed E-state index contributed by atoms with van der Waals surface area (Å²) in [5, 5.41) is 0. The highest BCUT2D eigenvalue weighted by Crippen LogP contribution is 2.37. The Morgan fingerprint density at radius 2 is 2.40 bits per heavy atom. The number of hydrogen-bond donors (Lipinski definition) is 1. The van der Waals surface area contributed by atoms with Crippen LogP contribution in [0.4, 0.5) is 0 Å². The van der Waals surface area contributed by atoms with Gasteiger partial charge in [0.2, 0.25) is 0 Å². The number of nitrogens with two attached hydrogens (primary N) is 1. The van der Waals surface area contributed by atoms with E-state index in [4.69, 9.17) is 15.2 Å². The zero-order valence-corrected chi connectivity index (χ0v) is 12.0. The SMILES string of the molecule is NC(CCc1cccnc1)C1CCOC2(CCOC2)C1. The van der Waals surface area contributed by atoms with Crippen molar-refractivity contribution in [2.45, 2.75) is 43.7 Å². The summed E-state index contributed by atoms with van der Waals surface area (Å²) in [4.78, 5) is 4.16. The lowest BCUT2D eigenvalue weighted by Gasteiger charge is -2.39. The average molecular weight is 276 g/mol. The molecule has 2 N–H and O–H groups in total. The normalized spacial score (nSPS) is 31.6. The van der Waals surface area contributed by atoms with Gasteiger partial charge in [-0.2, -0.15) is 0 Å². The van der Waals surface area contributed by atoms with Gasteiger partial charge in [0.15, 0.2) is 0 Å². The third-order valence-electron chi connectivity index (χ3n) is 4.69. The smallest absolute Gasteiger partial charge is 0.0939 e. The molecule has 0 amide bonds. The van der Waals surface area contributed by atoms with E-state index >= 15 is 0 Å². The number of hydrogen-bond acceptors (Lipinski definition) is 4. The summed E-state index contributed by atoms with van der Waals surface area (Å²) in [6.45, 7) is 2.41. The molecule has 1 spiro atoms. The maximum absolute atomic E-state index is 6.43. The topological polar surface area (TPSA) is 57.4 Å². The standard InChI is InChI=1S/C16H24N2O2/c17-15(4-3-13-2-1-7-18-11-13)14-5-8-20-16(10-14)6-9-19-12-16/h1-2,7,11,14-15H,3-6,8-10,12,17H2. The van der Waals surface area contributed by atoms with Crippen molar-refractivity contribution in [3.05, 3.63) is 30.1 Å². The quantitative estimate of drug-likeness (QED) is 0.913. The minimum absolute atomic E-state index is 0.0329. The van der Waals surface area contributed by atoms with Crippen LogP contribution in [0.2, 0.25) is 0 Å². The highest BCUT2D eigenvalue weighted by Gasteiger charge is 2.42. The highest BCUT2D eigenvalue weighted by molar-refractivity contribution is 5.08. The summed E-state index contributed by atoms with van der Waals surface area (Å²) in [6.07, 6.45) is 8.94. The van der Waals surface area contributed by atoms with Gasteiger partial charge in [0.25, 0.3) is 0 Å². The first-order valence-corrected chi connectivity index (χ1v) is 7.64. The Balaban J connectivity index is 1.53. The van der Waals surface area contributed by atoms with Crippen molar-refractivity contribution in [3.63, 3.8) is 0 Å². The molecule has 0 bridgehead atoms. The molecule has 1 aromatic heterocycles.